The van der Waals surface area contributed by atoms with Gasteiger partial charge in [-0.3, -0.25) is 4.79 Å². The standard InChI is InChI=1S/C12H18F3NO3/c1-3-8(2)19-10(17)9-6-4-5-7-16(9)11(18)12(13,14)15/h8-9H,3-7H2,1-2H3. The predicted octanol–water partition coefficient (Wildman–Crippen LogP) is 2.27. The zero-order valence-electron chi connectivity index (χ0n) is 11.0. The molecule has 1 rings (SSSR count). The first-order chi connectivity index (χ1) is 8.77. The molecule has 1 fully saturated rings. The fraction of sp³-hybridized carbons (Fsp3) is 0.833. The molecule has 1 saturated heterocycles. The normalized spacial score (nSPS) is 21.9. The molecule has 1 amide bonds. The van der Waals surface area contributed by atoms with Gasteiger partial charge in [0.25, 0.3) is 0 Å². The highest BCUT2D eigenvalue weighted by Gasteiger charge is 2.47. The SMILES string of the molecule is CCC(C)OC(=O)C1CCCCN1C(=O)C(F)(F)F. The molecule has 0 aliphatic carbocycles. The van der Waals surface area contributed by atoms with E-state index in [2.05, 4.69) is 0 Å². The number of hydrogen-bond donors (Lipinski definition) is 0. The predicted molar refractivity (Wildman–Crippen MR) is 61.3 cm³/mol. The minimum Gasteiger partial charge on any atom is -0.461 e. The second-order valence-electron chi connectivity index (χ2n) is 4.66. The molecule has 0 saturated carbocycles. The molecular formula is C12H18F3NO3. The number of piperidine rings is 1. The summed E-state index contributed by atoms with van der Waals surface area (Å²) in [6.07, 6.45) is -3.44. The summed E-state index contributed by atoms with van der Waals surface area (Å²) >= 11 is 0. The van der Waals surface area contributed by atoms with E-state index >= 15 is 0 Å². The third-order valence-corrected chi connectivity index (χ3v) is 3.17. The molecule has 0 aromatic carbocycles. The van der Waals surface area contributed by atoms with Crippen LogP contribution in [0.3, 0.4) is 0 Å². The molecule has 0 aromatic rings. The van der Waals surface area contributed by atoms with E-state index in [0.717, 1.165) is 0 Å². The number of alkyl halides is 3. The Morgan fingerprint density at radius 1 is 1.37 bits per heavy atom. The molecule has 7 heteroatoms. The molecule has 4 nitrogen and oxygen atoms in total. The van der Waals surface area contributed by atoms with Gasteiger partial charge in [-0.05, 0) is 32.6 Å². The van der Waals surface area contributed by atoms with Crippen LogP contribution in [-0.4, -0.2) is 41.6 Å². The maximum Gasteiger partial charge on any atom is 0.471 e. The van der Waals surface area contributed by atoms with Gasteiger partial charge < -0.3 is 9.64 Å². The van der Waals surface area contributed by atoms with Gasteiger partial charge >= 0.3 is 18.1 Å². The summed E-state index contributed by atoms with van der Waals surface area (Å²) in [4.78, 5) is 23.7. The van der Waals surface area contributed by atoms with Gasteiger partial charge in [-0.2, -0.15) is 13.2 Å². The van der Waals surface area contributed by atoms with Crippen LogP contribution < -0.4 is 0 Å². The number of carbonyl (C=O) groups is 2. The molecule has 0 N–H and O–H groups in total. The van der Waals surface area contributed by atoms with Gasteiger partial charge in [0, 0.05) is 6.54 Å². The summed E-state index contributed by atoms with van der Waals surface area (Å²) in [7, 11) is 0. The lowest BCUT2D eigenvalue weighted by atomic mass is 10.0. The van der Waals surface area contributed by atoms with Crippen molar-refractivity contribution < 1.29 is 27.5 Å². The summed E-state index contributed by atoms with van der Waals surface area (Å²) in [5.41, 5.74) is 0. The molecule has 1 heterocycles. The summed E-state index contributed by atoms with van der Waals surface area (Å²) in [5.74, 6) is -2.70. The Hall–Kier alpha value is -1.27. The van der Waals surface area contributed by atoms with Gasteiger partial charge in [-0.25, -0.2) is 4.79 Å². The largest absolute Gasteiger partial charge is 0.471 e. The Bertz CT molecular complexity index is 344. The molecule has 0 spiro atoms. The maximum absolute atomic E-state index is 12.5. The summed E-state index contributed by atoms with van der Waals surface area (Å²) < 4.78 is 42.4. The number of rotatable bonds is 3. The molecular weight excluding hydrogens is 263 g/mol. The smallest absolute Gasteiger partial charge is 0.461 e. The van der Waals surface area contributed by atoms with Crippen molar-refractivity contribution in [1.82, 2.24) is 4.90 Å². The lowest BCUT2D eigenvalue weighted by Gasteiger charge is -2.34. The number of halogens is 3. The molecule has 1 aliphatic rings. The second-order valence-corrected chi connectivity index (χ2v) is 4.66. The van der Waals surface area contributed by atoms with Gasteiger partial charge in [-0.15, -0.1) is 0 Å². The zero-order chi connectivity index (χ0) is 14.6. The minimum absolute atomic E-state index is 0.0569. The number of esters is 1. The maximum atomic E-state index is 12.5. The van der Waals surface area contributed by atoms with Crippen molar-refractivity contribution in [2.75, 3.05) is 6.54 Å². The molecule has 110 valence electrons. The first-order valence-electron chi connectivity index (χ1n) is 6.35. The van der Waals surface area contributed by atoms with E-state index in [1.165, 1.54) is 0 Å². The van der Waals surface area contributed by atoms with E-state index in [1.807, 2.05) is 0 Å². The summed E-state index contributed by atoms with van der Waals surface area (Å²) in [6, 6.07) is -1.11. The number of nitrogens with zero attached hydrogens (tertiary/aromatic N) is 1. The van der Waals surface area contributed by atoms with Gasteiger partial charge in [0.15, 0.2) is 0 Å². The van der Waals surface area contributed by atoms with Crippen molar-refractivity contribution >= 4 is 11.9 Å². The lowest BCUT2D eigenvalue weighted by molar-refractivity contribution is -0.192. The topological polar surface area (TPSA) is 46.6 Å². The van der Waals surface area contributed by atoms with Crippen molar-refractivity contribution in [3.05, 3.63) is 0 Å². The van der Waals surface area contributed by atoms with Crippen molar-refractivity contribution in [1.29, 1.82) is 0 Å². The Kier molecular flexibility index (Phi) is 5.20. The van der Waals surface area contributed by atoms with Crippen LogP contribution in [0.1, 0.15) is 39.5 Å². The Morgan fingerprint density at radius 2 is 2.00 bits per heavy atom. The average molecular weight is 281 g/mol. The van der Waals surface area contributed by atoms with Crippen LogP contribution in [0.25, 0.3) is 0 Å². The highest BCUT2D eigenvalue weighted by molar-refractivity contribution is 5.87. The van der Waals surface area contributed by atoms with E-state index in [4.69, 9.17) is 4.74 Å². The molecule has 1 aliphatic heterocycles. The third-order valence-electron chi connectivity index (χ3n) is 3.17. The molecule has 19 heavy (non-hydrogen) atoms. The lowest BCUT2D eigenvalue weighted by Crippen LogP contribution is -2.53. The third kappa shape index (κ3) is 4.11. The molecule has 0 aromatic heterocycles. The summed E-state index contributed by atoms with van der Waals surface area (Å²) in [5, 5.41) is 0. The van der Waals surface area contributed by atoms with Gasteiger partial charge in [-0.1, -0.05) is 6.92 Å². The Morgan fingerprint density at radius 3 is 2.53 bits per heavy atom. The minimum atomic E-state index is -4.95. The van der Waals surface area contributed by atoms with E-state index in [9.17, 15) is 22.8 Å². The van der Waals surface area contributed by atoms with Crippen molar-refractivity contribution in [3.63, 3.8) is 0 Å². The number of hydrogen-bond acceptors (Lipinski definition) is 3. The second kappa shape index (κ2) is 6.25. The average Bonchev–Trinajstić information content (AvgIpc) is 2.36. The highest BCUT2D eigenvalue weighted by atomic mass is 19.4. The summed E-state index contributed by atoms with van der Waals surface area (Å²) in [6.45, 7) is 3.41. The van der Waals surface area contributed by atoms with Crippen LogP contribution >= 0.6 is 0 Å². The quantitative estimate of drug-likeness (QED) is 0.746. The van der Waals surface area contributed by atoms with Gasteiger partial charge in [0.2, 0.25) is 0 Å². The van der Waals surface area contributed by atoms with E-state index < -0.39 is 24.1 Å². The first-order valence-corrected chi connectivity index (χ1v) is 6.35. The van der Waals surface area contributed by atoms with Crippen molar-refractivity contribution in [2.24, 2.45) is 0 Å². The monoisotopic (exact) mass is 281 g/mol. The fourth-order valence-corrected chi connectivity index (χ4v) is 1.94. The van der Waals surface area contributed by atoms with Crippen LogP contribution in [0, 0.1) is 0 Å². The zero-order valence-corrected chi connectivity index (χ0v) is 11.0. The molecule has 2 unspecified atom stereocenters. The molecule has 0 bridgehead atoms. The van der Waals surface area contributed by atoms with Crippen LogP contribution in [0.4, 0.5) is 13.2 Å². The van der Waals surface area contributed by atoms with Crippen LogP contribution in [0.15, 0.2) is 0 Å². The van der Waals surface area contributed by atoms with Gasteiger partial charge in [0.1, 0.15) is 6.04 Å². The fourth-order valence-electron chi connectivity index (χ4n) is 1.94. The van der Waals surface area contributed by atoms with E-state index in [1.54, 1.807) is 13.8 Å². The van der Waals surface area contributed by atoms with Crippen molar-refractivity contribution in [3.8, 4) is 0 Å². The van der Waals surface area contributed by atoms with Crippen molar-refractivity contribution in [2.45, 2.75) is 57.9 Å². The first kappa shape index (κ1) is 15.8. The van der Waals surface area contributed by atoms with Crippen LogP contribution in [0.5, 0.6) is 0 Å². The Labute approximate surface area is 109 Å². The number of amides is 1. The van der Waals surface area contributed by atoms with E-state index in [0.29, 0.717) is 24.2 Å². The van der Waals surface area contributed by atoms with E-state index in [-0.39, 0.29) is 19.1 Å². The Balaban J connectivity index is 2.78. The number of likely N-dealkylation sites (tertiary alicyclic amines) is 1. The van der Waals surface area contributed by atoms with Crippen LogP contribution in [-0.2, 0) is 14.3 Å². The highest BCUT2D eigenvalue weighted by Crippen LogP contribution is 2.26. The van der Waals surface area contributed by atoms with Crippen LogP contribution in [0.2, 0.25) is 0 Å². The molecule has 2 atom stereocenters. The number of carbonyl (C=O) groups excluding carboxylic acids is 2. The van der Waals surface area contributed by atoms with Gasteiger partial charge in [0.05, 0.1) is 6.10 Å². The number of ether oxygens (including phenoxy) is 1. The molecule has 0 radical (unpaired) electrons.